The number of halogens is 3. The normalized spacial score (nSPS) is 12.1. The molecule has 8 heteroatoms. The van der Waals surface area contributed by atoms with Gasteiger partial charge in [0.2, 0.25) is 11.8 Å². The molecular formula is C17H26ClF2N3O2. The second-order valence-corrected chi connectivity index (χ2v) is 6.74. The Balaban J connectivity index is 0.00000576. The highest BCUT2D eigenvalue weighted by atomic mass is 35.5. The third kappa shape index (κ3) is 7.36. The Morgan fingerprint density at radius 3 is 2.40 bits per heavy atom. The molecule has 0 radical (unpaired) electrons. The molecule has 142 valence electrons. The first kappa shape index (κ1) is 23.3. The highest BCUT2D eigenvalue weighted by Gasteiger charge is 2.25. The van der Waals surface area contributed by atoms with Gasteiger partial charge in [0.25, 0.3) is 0 Å². The van der Waals surface area contributed by atoms with E-state index in [0.29, 0.717) is 13.1 Å². The maximum Gasteiger partial charge on any atom is 0.224 e. The molecule has 1 aromatic carbocycles. The van der Waals surface area contributed by atoms with Crippen LogP contribution in [-0.4, -0.2) is 36.9 Å². The van der Waals surface area contributed by atoms with Gasteiger partial charge < -0.3 is 16.0 Å². The van der Waals surface area contributed by atoms with Gasteiger partial charge in [-0.3, -0.25) is 9.59 Å². The maximum atomic E-state index is 14.0. The zero-order valence-corrected chi connectivity index (χ0v) is 15.8. The average Bonchev–Trinajstić information content (AvgIpc) is 2.45. The van der Waals surface area contributed by atoms with Crippen LogP contribution in [0.3, 0.4) is 0 Å². The van der Waals surface area contributed by atoms with Crippen molar-refractivity contribution in [3.8, 4) is 0 Å². The van der Waals surface area contributed by atoms with Crippen LogP contribution in [0.5, 0.6) is 0 Å². The zero-order valence-electron chi connectivity index (χ0n) is 14.9. The highest BCUT2D eigenvalue weighted by molar-refractivity contribution is 5.85. The number of benzene rings is 1. The van der Waals surface area contributed by atoms with E-state index in [2.05, 4.69) is 5.32 Å². The van der Waals surface area contributed by atoms with E-state index in [0.717, 1.165) is 12.1 Å². The van der Waals surface area contributed by atoms with Gasteiger partial charge in [0.1, 0.15) is 11.6 Å². The van der Waals surface area contributed by atoms with E-state index in [4.69, 9.17) is 5.73 Å². The van der Waals surface area contributed by atoms with Crippen LogP contribution in [0.25, 0.3) is 0 Å². The van der Waals surface area contributed by atoms with Crippen molar-refractivity contribution in [2.45, 2.75) is 33.2 Å². The summed E-state index contributed by atoms with van der Waals surface area (Å²) in [5.41, 5.74) is 5.49. The number of nitrogens with one attached hydrogen (secondary N) is 1. The number of carbonyl (C=O) groups is 2. The van der Waals surface area contributed by atoms with Gasteiger partial charge in [-0.1, -0.05) is 19.9 Å². The highest BCUT2D eigenvalue weighted by Crippen LogP contribution is 2.23. The smallest absolute Gasteiger partial charge is 0.224 e. The molecule has 0 aliphatic carbocycles. The third-order valence-corrected chi connectivity index (χ3v) is 3.74. The van der Waals surface area contributed by atoms with Crippen LogP contribution >= 0.6 is 12.4 Å². The molecule has 0 saturated carbocycles. The summed E-state index contributed by atoms with van der Waals surface area (Å²) in [7, 11) is 1.63. The Hall–Kier alpha value is -1.73. The van der Waals surface area contributed by atoms with Gasteiger partial charge in [-0.15, -0.1) is 12.4 Å². The summed E-state index contributed by atoms with van der Waals surface area (Å²) in [4.78, 5) is 25.3. The lowest BCUT2D eigenvalue weighted by molar-refractivity contribution is -0.132. The first-order valence-electron chi connectivity index (χ1n) is 7.72. The first-order chi connectivity index (χ1) is 11.1. The molecule has 5 nitrogen and oxygen atoms in total. The maximum absolute atomic E-state index is 14.0. The topological polar surface area (TPSA) is 75.4 Å². The number of rotatable bonds is 7. The Kier molecular flexibility index (Phi) is 9.01. The molecule has 0 aliphatic heterocycles. The molecule has 0 fully saturated rings. The van der Waals surface area contributed by atoms with Crippen LogP contribution in [0.1, 0.15) is 38.8 Å². The number of amides is 2. The fourth-order valence-corrected chi connectivity index (χ4v) is 2.39. The fraction of sp³-hybridized carbons (Fsp3) is 0.529. The van der Waals surface area contributed by atoms with Crippen molar-refractivity contribution in [2.24, 2.45) is 11.1 Å². The molecule has 1 aromatic rings. The average molecular weight is 378 g/mol. The molecule has 1 unspecified atom stereocenters. The lowest BCUT2D eigenvalue weighted by Crippen LogP contribution is -2.41. The largest absolute Gasteiger partial charge is 0.349 e. The van der Waals surface area contributed by atoms with Gasteiger partial charge in [0.05, 0.1) is 12.5 Å². The molecule has 25 heavy (non-hydrogen) atoms. The molecule has 0 aliphatic rings. The van der Waals surface area contributed by atoms with Crippen LogP contribution < -0.4 is 11.1 Å². The third-order valence-electron chi connectivity index (χ3n) is 3.74. The second kappa shape index (κ2) is 9.68. The second-order valence-electron chi connectivity index (χ2n) is 6.74. The number of carbonyl (C=O) groups excluding carboxylic acids is 2. The van der Waals surface area contributed by atoms with Crippen LogP contribution in [0, 0.1) is 17.0 Å². The van der Waals surface area contributed by atoms with E-state index < -0.39 is 23.6 Å². The lowest BCUT2D eigenvalue weighted by atomic mass is 9.93. The first-order valence-corrected chi connectivity index (χ1v) is 7.72. The molecule has 0 saturated heterocycles. The van der Waals surface area contributed by atoms with E-state index >= 15 is 0 Å². The number of hydrogen-bond donors (Lipinski definition) is 2. The van der Waals surface area contributed by atoms with E-state index in [1.807, 2.05) is 13.8 Å². The van der Waals surface area contributed by atoms with Crippen LogP contribution in [0.15, 0.2) is 18.2 Å². The summed E-state index contributed by atoms with van der Waals surface area (Å²) in [5, 5.41) is 2.55. The van der Waals surface area contributed by atoms with Gasteiger partial charge in [0.15, 0.2) is 0 Å². The summed E-state index contributed by atoms with van der Waals surface area (Å²) >= 11 is 0. The minimum absolute atomic E-state index is 0. The zero-order chi connectivity index (χ0) is 18.5. The van der Waals surface area contributed by atoms with Crippen molar-refractivity contribution in [3.05, 3.63) is 35.4 Å². The molecule has 2 amide bonds. The summed E-state index contributed by atoms with van der Waals surface area (Å²) < 4.78 is 27.1. The molecule has 3 N–H and O–H groups in total. The van der Waals surface area contributed by atoms with Crippen LogP contribution in [-0.2, 0) is 9.59 Å². The monoisotopic (exact) mass is 377 g/mol. The van der Waals surface area contributed by atoms with Gasteiger partial charge in [0, 0.05) is 32.1 Å². The van der Waals surface area contributed by atoms with Crippen molar-refractivity contribution in [1.82, 2.24) is 10.2 Å². The van der Waals surface area contributed by atoms with E-state index in [9.17, 15) is 18.4 Å². The molecule has 0 bridgehead atoms. The Morgan fingerprint density at radius 1 is 1.32 bits per heavy atom. The minimum Gasteiger partial charge on any atom is -0.349 e. The Morgan fingerprint density at radius 2 is 1.92 bits per heavy atom. The van der Waals surface area contributed by atoms with Crippen molar-refractivity contribution in [1.29, 1.82) is 0 Å². The summed E-state index contributed by atoms with van der Waals surface area (Å²) in [6.45, 7) is 5.98. The molecular weight excluding hydrogens is 352 g/mol. The fourth-order valence-electron chi connectivity index (χ4n) is 2.39. The molecule has 0 aromatic heterocycles. The minimum atomic E-state index is -0.862. The van der Waals surface area contributed by atoms with Gasteiger partial charge in [-0.2, -0.15) is 0 Å². The Labute approximate surface area is 153 Å². The standard InChI is InChI=1S/C17H25F2N3O2.ClH/c1-11(23)21-15(13-6-5-12(18)7-14(13)19)8-16(24)22(4)10-17(2,3)9-20;/h5-7,15H,8-10,20H2,1-4H3,(H,21,23);1H. The van der Waals surface area contributed by atoms with Gasteiger partial charge in [-0.25, -0.2) is 8.78 Å². The van der Waals surface area contributed by atoms with E-state index in [1.165, 1.54) is 17.9 Å². The quantitative estimate of drug-likeness (QED) is 0.766. The molecule has 0 spiro atoms. The van der Waals surface area contributed by atoms with Crippen molar-refractivity contribution < 1.29 is 18.4 Å². The molecule has 1 rings (SSSR count). The van der Waals surface area contributed by atoms with Crippen LogP contribution in [0.4, 0.5) is 8.78 Å². The van der Waals surface area contributed by atoms with Crippen LogP contribution in [0.2, 0.25) is 0 Å². The summed E-state index contributed by atoms with van der Waals surface area (Å²) in [6, 6.07) is 2.20. The summed E-state index contributed by atoms with van der Waals surface area (Å²) in [5.74, 6) is -2.18. The summed E-state index contributed by atoms with van der Waals surface area (Å²) in [6.07, 6.45) is -0.126. The van der Waals surface area contributed by atoms with Crippen molar-refractivity contribution in [3.63, 3.8) is 0 Å². The predicted octanol–water partition coefficient (Wildman–Crippen LogP) is 2.40. The molecule has 0 heterocycles. The SMILES string of the molecule is CC(=O)NC(CC(=O)N(C)CC(C)(C)CN)c1ccc(F)cc1F.Cl. The molecule has 1 atom stereocenters. The van der Waals surface area contributed by atoms with E-state index in [-0.39, 0.29) is 35.7 Å². The number of nitrogens with zero attached hydrogens (tertiary/aromatic N) is 1. The van der Waals surface area contributed by atoms with Gasteiger partial charge >= 0.3 is 0 Å². The predicted molar refractivity (Wildman–Crippen MR) is 95.3 cm³/mol. The van der Waals surface area contributed by atoms with Gasteiger partial charge in [-0.05, 0) is 18.0 Å². The number of hydrogen-bond acceptors (Lipinski definition) is 3. The van der Waals surface area contributed by atoms with Crippen molar-refractivity contribution >= 4 is 24.2 Å². The number of nitrogens with two attached hydrogens (primary N) is 1. The van der Waals surface area contributed by atoms with Crippen molar-refractivity contribution in [2.75, 3.05) is 20.1 Å². The Bertz CT molecular complexity index is 612. The van der Waals surface area contributed by atoms with E-state index in [1.54, 1.807) is 7.05 Å². The lowest BCUT2D eigenvalue weighted by Gasteiger charge is -2.30.